The van der Waals surface area contributed by atoms with Crippen molar-refractivity contribution >= 4 is 27.9 Å². The first kappa shape index (κ1) is 18.2. The number of rotatable bonds is 4. The highest BCUT2D eigenvalue weighted by molar-refractivity contribution is 7.17. The molecule has 0 bridgehead atoms. The van der Waals surface area contributed by atoms with Gasteiger partial charge in [-0.15, -0.1) is 11.3 Å². The second kappa shape index (κ2) is 6.64. The third-order valence-corrected chi connectivity index (χ3v) is 4.73. The van der Waals surface area contributed by atoms with E-state index in [4.69, 9.17) is 0 Å². The molecule has 0 spiro atoms. The fourth-order valence-corrected chi connectivity index (χ4v) is 3.37. The molecule has 0 unspecified atom stereocenters. The van der Waals surface area contributed by atoms with Gasteiger partial charge in [0.25, 0.3) is 5.91 Å². The average Bonchev–Trinajstić information content (AvgIpc) is 3.08. The zero-order chi connectivity index (χ0) is 19.1. The van der Waals surface area contributed by atoms with Gasteiger partial charge in [-0.2, -0.15) is 13.2 Å². The number of hydrogen-bond acceptors (Lipinski definition) is 4. The number of thiazole rings is 1. The minimum absolute atomic E-state index is 0.125. The molecule has 0 aliphatic rings. The molecule has 0 fully saturated rings. The van der Waals surface area contributed by atoms with Crippen molar-refractivity contribution in [1.29, 1.82) is 0 Å². The van der Waals surface area contributed by atoms with Crippen molar-refractivity contribution in [1.82, 2.24) is 14.7 Å². The highest BCUT2D eigenvalue weighted by Gasteiger charge is 2.40. The van der Waals surface area contributed by atoms with E-state index in [1.54, 1.807) is 6.92 Å². The molecule has 1 aromatic carbocycles. The largest absolute Gasteiger partial charge is 0.435 e. The minimum atomic E-state index is -4.69. The van der Waals surface area contributed by atoms with Gasteiger partial charge in [-0.25, -0.2) is 4.98 Å². The Bertz CT molecular complexity index is 941. The molecule has 9 heteroatoms. The van der Waals surface area contributed by atoms with E-state index >= 15 is 0 Å². The SMILES string of the molecule is Cc1cn2c(C(=O)NCc3ccc(N(C)C)cc3)c(C(F)(F)F)nc2s1. The third kappa shape index (κ3) is 3.52. The van der Waals surface area contributed by atoms with Crippen LogP contribution < -0.4 is 10.2 Å². The van der Waals surface area contributed by atoms with Gasteiger partial charge < -0.3 is 10.2 Å². The highest BCUT2D eigenvalue weighted by atomic mass is 32.1. The maximum Gasteiger partial charge on any atom is 0.435 e. The first-order chi connectivity index (χ1) is 12.2. The summed E-state index contributed by atoms with van der Waals surface area (Å²) in [4.78, 5) is 18.9. The van der Waals surface area contributed by atoms with E-state index in [-0.39, 0.29) is 11.5 Å². The van der Waals surface area contributed by atoms with Gasteiger partial charge in [0, 0.05) is 37.4 Å². The van der Waals surface area contributed by atoms with E-state index in [1.807, 2.05) is 43.3 Å². The second-order valence-electron chi connectivity index (χ2n) is 6.04. The first-order valence-electron chi connectivity index (χ1n) is 7.77. The number of carbonyl (C=O) groups is 1. The van der Waals surface area contributed by atoms with Crippen molar-refractivity contribution in [2.24, 2.45) is 0 Å². The van der Waals surface area contributed by atoms with Crippen molar-refractivity contribution < 1.29 is 18.0 Å². The molecule has 1 N–H and O–H groups in total. The molecule has 26 heavy (non-hydrogen) atoms. The zero-order valence-electron chi connectivity index (χ0n) is 14.4. The van der Waals surface area contributed by atoms with Crippen molar-refractivity contribution in [3.8, 4) is 0 Å². The van der Waals surface area contributed by atoms with Crippen LogP contribution in [-0.4, -0.2) is 29.4 Å². The van der Waals surface area contributed by atoms with Crippen LogP contribution in [0.5, 0.6) is 0 Å². The van der Waals surface area contributed by atoms with E-state index in [2.05, 4.69) is 10.3 Å². The average molecular weight is 382 g/mol. The molecule has 0 radical (unpaired) electrons. The molecule has 0 aliphatic carbocycles. The van der Waals surface area contributed by atoms with Crippen LogP contribution in [0.3, 0.4) is 0 Å². The van der Waals surface area contributed by atoms with E-state index in [9.17, 15) is 18.0 Å². The molecule has 0 saturated heterocycles. The van der Waals surface area contributed by atoms with Crippen LogP contribution >= 0.6 is 11.3 Å². The molecule has 3 aromatic rings. The highest BCUT2D eigenvalue weighted by Crippen LogP contribution is 2.33. The summed E-state index contributed by atoms with van der Waals surface area (Å²) in [5, 5.41) is 2.56. The smallest absolute Gasteiger partial charge is 0.378 e. The summed E-state index contributed by atoms with van der Waals surface area (Å²) in [6, 6.07) is 7.39. The molecular weight excluding hydrogens is 365 g/mol. The van der Waals surface area contributed by atoms with Gasteiger partial charge in [0.05, 0.1) is 0 Å². The normalized spacial score (nSPS) is 11.8. The van der Waals surface area contributed by atoms with Crippen LogP contribution in [0.2, 0.25) is 0 Å². The molecule has 0 atom stereocenters. The summed E-state index contributed by atoms with van der Waals surface area (Å²) in [5.41, 5.74) is 0.136. The maximum atomic E-state index is 13.3. The topological polar surface area (TPSA) is 49.6 Å². The van der Waals surface area contributed by atoms with Gasteiger partial charge in [0.1, 0.15) is 5.69 Å². The van der Waals surface area contributed by atoms with Crippen molar-refractivity contribution in [2.45, 2.75) is 19.6 Å². The van der Waals surface area contributed by atoms with Gasteiger partial charge in [0.2, 0.25) is 0 Å². The van der Waals surface area contributed by atoms with Crippen LogP contribution in [-0.2, 0) is 12.7 Å². The number of aryl methyl sites for hydroxylation is 1. The lowest BCUT2D eigenvalue weighted by Crippen LogP contribution is -2.27. The summed E-state index contributed by atoms with van der Waals surface area (Å²) in [7, 11) is 3.81. The summed E-state index contributed by atoms with van der Waals surface area (Å²) < 4.78 is 41.0. The van der Waals surface area contributed by atoms with Crippen LogP contribution in [0, 0.1) is 6.92 Å². The molecule has 3 rings (SSSR count). The lowest BCUT2D eigenvalue weighted by molar-refractivity contribution is -0.141. The number of hydrogen-bond donors (Lipinski definition) is 1. The molecule has 0 aliphatic heterocycles. The Hall–Kier alpha value is -2.55. The molecule has 1 amide bonds. The number of carbonyl (C=O) groups excluding carboxylic acids is 1. The summed E-state index contributed by atoms with van der Waals surface area (Å²) in [6.07, 6.45) is -3.21. The maximum absolute atomic E-state index is 13.3. The van der Waals surface area contributed by atoms with E-state index in [0.29, 0.717) is 0 Å². The van der Waals surface area contributed by atoms with Crippen molar-refractivity contribution in [2.75, 3.05) is 19.0 Å². The fourth-order valence-electron chi connectivity index (χ4n) is 2.55. The Morgan fingerprint density at radius 3 is 2.50 bits per heavy atom. The number of halogens is 3. The molecular formula is C17H17F3N4OS. The number of amides is 1. The summed E-state index contributed by atoms with van der Waals surface area (Å²) >= 11 is 1.11. The minimum Gasteiger partial charge on any atom is -0.378 e. The van der Waals surface area contributed by atoms with Gasteiger partial charge >= 0.3 is 6.18 Å². The Kier molecular flexibility index (Phi) is 4.66. The van der Waals surface area contributed by atoms with Crippen LogP contribution in [0.4, 0.5) is 18.9 Å². The van der Waals surface area contributed by atoms with Crippen molar-refractivity contribution in [3.05, 3.63) is 52.3 Å². The quantitative estimate of drug-likeness (QED) is 0.748. The second-order valence-corrected chi connectivity index (χ2v) is 7.26. The molecule has 0 saturated carbocycles. The van der Waals surface area contributed by atoms with Gasteiger partial charge in [-0.3, -0.25) is 9.20 Å². The number of nitrogens with zero attached hydrogens (tertiary/aromatic N) is 3. The van der Waals surface area contributed by atoms with E-state index in [1.165, 1.54) is 10.6 Å². The predicted molar refractivity (Wildman–Crippen MR) is 94.7 cm³/mol. The molecule has 2 heterocycles. The monoisotopic (exact) mass is 382 g/mol. The standard InChI is InChI=1S/C17H17F3N4OS/c1-10-9-24-13(14(17(18,19)20)22-16(24)26-10)15(25)21-8-11-4-6-12(7-5-11)23(2)3/h4-7,9H,8H2,1-3H3,(H,21,25). The fraction of sp³-hybridized carbons (Fsp3) is 0.294. The molecule has 5 nitrogen and oxygen atoms in total. The van der Waals surface area contributed by atoms with Gasteiger partial charge in [-0.05, 0) is 24.6 Å². The van der Waals surface area contributed by atoms with Gasteiger partial charge in [-0.1, -0.05) is 12.1 Å². The predicted octanol–water partition coefficient (Wildman–Crippen LogP) is 3.72. The molecule has 138 valence electrons. The first-order valence-corrected chi connectivity index (χ1v) is 8.58. The van der Waals surface area contributed by atoms with Crippen LogP contribution in [0.25, 0.3) is 4.96 Å². The Balaban J connectivity index is 1.85. The van der Waals surface area contributed by atoms with Gasteiger partial charge in [0.15, 0.2) is 10.7 Å². The Morgan fingerprint density at radius 2 is 1.92 bits per heavy atom. The Morgan fingerprint density at radius 1 is 1.27 bits per heavy atom. The number of nitrogens with one attached hydrogen (secondary N) is 1. The number of fused-ring (bicyclic) bond motifs is 1. The summed E-state index contributed by atoms with van der Waals surface area (Å²) in [5.74, 6) is -0.806. The third-order valence-electron chi connectivity index (χ3n) is 3.83. The van der Waals surface area contributed by atoms with Crippen LogP contribution in [0.15, 0.2) is 30.5 Å². The number of alkyl halides is 3. The van der Waals surface area contributed by atoms with Crippen LogP contribution in [0.1, 0.15) is 26.6 Å². The number of imidazole rings is 1. The van der Waals surface area contributed by atoms with E-state index in [0.717, 1.165) is 27.5 Å². The zero-order valence-corrected chi connectivity index (χ0v) is 15.2. The van der Waals surface area contributed by atoms with Crippen molar-refractivity contribution in [3.63, 3.8) is 0 Å². The Labute approximate surface area is 152 Å². The molecule has 2 aromatic heterocycles. The number of aromatic nitrogens is 2. The lowest BCUT2D eigenvalue weighted by atomic mass is 10.2. The lowest BCUT2D eigenvalue weighted by Gasteiger charge is -2.13. The summed E-state index contributed by atoms with van der Waals surface area (Å²) in [6.45, 7) is 1.88. The number of anilines is 1. The number of benzene rings is 1. The van der Waals surface area contributed by atoms with E-state index < -0.39 is 23.5 Å².